The molecule has 0 bridgehead atoms. The van der Waals surface area contributed by atoms with Gasteiger partial charge in [-0.15, -0.1) is 0 Å². The van der Waals surface area contributed by atoms with Gasteiger partial charge in [-0.2, -0.15) is 0 Å². The summed E-state index contributed by atoms with van der Waals surface area (Å²) in [6, 6.07) is 7.69. The van der Waals surface area contributed by atoms with Crippen molar-refractivity contribution in [3.63, 3.8) is 0 Å². The molecule has 0 amide bonds. The van der Waals surface area contributed by atoms with Gasteiger partial charge in [-0.25, -0.2) is 0 Å². The molecule has 1 fully saturated rings. The van der Waals surface area contributed by atoms with E-state index in [9.17, 15) is 0 Å². The van der Waals surface area contributed by atoms with E-state index >= 15 is 0 Å². The molecule has 1 aromatic carbocycles. The predicted molar refractivity (Wildman–Crippen MR) is 82.5 cm³/mol. The van der Waals surface area contributed by atoms with E-state index < -0.39 is 0 Å². The summed E-state index contributed by atoms with van der Waals surface area (Å²) in [6.45, 7) is 7.70. The molecule has 110 valence electrons. The Morgan fingerprint density at radius 2 is 1.95 bits per heavy atom. The lowest BCUT2D eigenvalue weighted by Gasteiger charge is -2.26. The van der Waals surface area contributed by atoms with E-state index in [-0.39, 0.29) is 0 Å². The molecule has 1 saturated heterocycles. The number of ether oxygens (including phenoxy) is 3. The first-order valence-electron chi connectivity index (χ1n) is 6.99. The number of thiocarbonyl (C=S) groups is 1. The van der Waals surface area contributed by atoms with Gasteiger partial charge in [0.25, 0.3) is 0 Å². The standard InChI is InChI=1S/C15H21NO3S/c1-2-18-14-5-3-13(4-6-14)15(20)19-12-9-16-7-10-17-11-8-16/h3-6H,2,7-12H2,1H3. The minimum absolute atomic E-state index is 0.543. The Bertz CT molecular complexity index is 416. The second-order valence-corrected chi connectivity index (χ2v) is 4.92. The largest absolute Gasteiger partial charge is 0.494 e. The molecule has 0 saturated carbocycles. The fraction of sp³-hybridized carbons (Fsp3) is 0.533. The van der Waals surface area contributed by atoms with Crippen molar-refractivity contribution in [1.29, 1.82) is 0 Å². The lowest BCUT2D eigenvalue weighted by molar-refractivity contribution is 0.0318. The fourth-order valence-corrected chi connectivity index (χ4v) is 2.25. The van der Waals surface area contributed by atoms with Gasteiger partial charge in [-0.05, 0) is 43.4 Å². The predicted octanol–water partition coefficient (Wildman–Crippen LogP) is 2.11. The summed E-state index contributed by atoms with van der Waals surface area (Å²) in [5, 5.41) is 0.543. The fourth-order valence-electron chi connectivity index (χ4n) is 2.03. The Kier molecular flexibility index (Phi) is 6.24. The van der Waals surface area contributed by atoms with Crippen molar-refractivity contribution in [2.24, 2.45) is 0 Å². The van der Waals surface area contributed by atoms with E-state index in [1.54, 1.807) is 0 Å². The van der Waals surface area contributed by atoms with Crippen molar-refractivity contribution in [2.45, 2.75) is 6.92 Å². The number of hydrogen-bond acceptors (Lipinski definition) is 5. The Balaban J connectivity index is 1.73. The van der Waals surface area contributed by atoms with E-state index in [0.717, 1.165) is 44.2 Å². The number of benzene rings is 1. The first-order valence-corrected chi connectivity index (χ1v) is 7.40. The molecule has 2 rings (SSSR count). The highest BCUT2D eigenvalue weighted by molar-refractivity contribution is 7.80. The van der Waals surface area contributed by atoms with Crippen LogP contribution in [0.4, 0.5) is 0 Å². The Morgan fingerprint density at radius 3 is 2.60 bits per heavy atom. The number of hydrogen-bond donors (Lipinski definition) is 0. The molecule has 1 heterocycles. The van der Waals surface area contributed by atoms with Gasteiger partial charge >= 0.3 is 0 Å². The molecule has 0 radical (unpaired) electrons. The van der Waals surface area contributed by atoms with E-state index in [4.69, 9.17) is 26.4 Å². The maximum absolute atomic E-state index is 5.64. The third-order valence-electron chi connectivity index (χ3n) is 3.15. The van der Waals surface area contributed by atoms with Crippen LogP contribution >= 0.6 is 12.2 Å². The van der Waals surface area contributed by atoms with Crippen LogP contribution in [0.15, 0.2) is 24.3 Å². The molecular weight excluding hydrogens is 274 g/mol. The van der Waals surface area contributed by atoms with Crippen LogP contribution in [0.3, 0.4) is 0 Å². The maximum Gasteiger partial charge on any atom is 0.191 e. The van der Waals surface area contributed by atoms with Crippen LogP contribution in [0, 0.1) is 0 Å². The Labute approximate surface area is 125 Å². The molecule has 0 N–H and O–H groups in total. The average Bonchev–Trinajstić information content (AvgIpc) is 2.49. The summed E-state index contributed by atoms with van der Waals surface area (Å²) in [5.41, 5.74) is 0.922. The summed E-state index contributed by atoms with van der Waals surface area (Å²) in [5.74, 6) is 0.854. The lowest BCUT2D eigenvalue weighted by Crippen LogP contribution is -2.38. The second-order valence-electron chi connectivity index (χ2n) is 4.55. The maximum atomic E-state index is 5.64. The summed E-state index contributed by atoms with van der Waals surface area (Å²) < 4.78 is 16.3. The van der Waals surface area contributed by atoms with Crippen molar-refractivity contribution >= 4 is 17.3 Å². The molecule has 1 aromatic rings. The van der Waals surface area contributed by atoms with Gasteiger partial charge in [-0.1, -0.05) is 0 Å². The average molecular weight is 295 g/mol. The molecule has 0 aliphatic carbocycles. The monoisotopic (exact) mass is 295 g/mol. The lowest BCUT2D eigenvalue weighted by atomic mass is 10.2. The van der Waals surface area contributed by atoms with Crippen LogP contribution in [0.25, 0.3) is 0 Å². The van der Waals surface area contributed by atoms with Crippen LogP contribution in [-0.4, -0.2) is 56.0 Å². The van der Waals surface area contributed by atoms with Crippen molar-refractivity contribution in [2.75, 3.05) is 46.1 Å². The van der Waals surface area contributed by atoms with Crippen LogP contribution in [0.5, 0.6) is 5.75 Å². The minimum Gasteiger partial charge on any atom is -0.494 e. The highest BCUT2D eigenvalue weighted by Crippen LogP contribution is 2.13. The minimum atomic E-state index is 0.543. The van der Waals surface area contributed by atoms with Crippen LogP contribution in [0.2, 0.25) is 0 Å². The summed E-state index contributed by atoms with van der Waals surface area (Å²) in [7, 11) is 0. The summed E-state index contributed by atoms with van der Waals surface area (Å²) in [4.78, 5) is 2.32. The molecule has 0 aromatic heterocycles. The van der Waals surface area contributed by atoms with Crippen LogP contribution in [-0.2, 0) is 9.47 Å². The molecule has 1 aliphatic heterocycles. The first kappa shape index (κ1) is 15.2. The van der Waals surface area contributed by atoms with Gasteiger partial charge in [0.15, 0.2) is 5.05 Å². The van der Waals surface area contributed by atoms with Gasteiger partial charge in [0, 0.05) is 25.2 Å². The normalized spacial score (nSPS) is 15.8. The summed E-state index contributed by atoms with van der Waals surface area (Å²) in [6.07, 6.45) is 0. The number of nitrogens with zero attached hydrogens (tertiary/aromatic N) is 1. The van der Waals surface area contributed by atoms with E-state index in [1.807, 2.05) is 31.2 Å². The van der Waals surface area contributed by atoms with Crippen LogP contribution in [0.1, 0.15) is 12.5 Å². The molecule has 0 spiro atoms. The summed E-state index contributed by atoms with van der Waals surface area (Å²) >= 11 is 5.29. The molecule has 20 heavy (non-hydrogen) atoms. The van der Waals surface area contributed by atoms with Gasteiger partial charge < -0.3 is 14.2 Å². The zero-order valence-electron chi connectivity index (χ0n) is 11.8. The molecular formula is C15H21NO3S. The first-order chi connectivity index (χ1) is 9.79. The van der Waals surface area contributed by atoms with Gasteiger partial charge in [-0.3, -0.25) is 4.90 Å². The van der Waals surface area contributed by atoms with Crippen LogP contribution < -0.4 is 4.74 Å². The molecule has 1 aliphatic rings. The third kappa shape index (κ3) is 4.74. The van der Waals surface area contributed by atoms with Gasteiger partial charge in [0.05, 0.1) is 19.8 Å². The zero-order chi connectivity index (χ0) is 14.2. The molecule has 4 nitrogen and oxygen atoms in total. The molecule has 0 atom stereocenters. The Hall–Kier alpha value is -1.17. The second kappa shape index (κ2) is 8.19. The topological polar surface area (TPSA) is 30.9 Å². The highest BCUT2D eigenvalue weighted by Gasteiger charge is 2.10. The molecule has 0 unspecified atom stereocenters. The van der Waals surface area contributed by atoms with E-state index in [2.05, 4.69) is 4.90 Å². The smallest absolute Gasteiger partial charge is 0.191 e. The molecule has 5 heteroatoms. The zero-order valence-corrected chi connectivity index (χ0v) is 12.7. The van der Waals surface area contributed by atoms with Gasteiger partial charge in [0.1, 0.15) is 12.4 Å². The quantitative estimate of drug-likeness (QED) is 0.750. The van der Waals surface area contributed by atoms with Crippen molar-refractivity contribution in [3.8, 4) is 5.75 Å². The van der Waals surface area contributed by atoms with Crippen molar-refractivity contribution < 1.29 is 14.2 Å². The SMILES string of the molecule is CCOc1ccc(C(=S)OCCN2CCOCC2)cc1. The van der Waals surface area contributed by atoms with Gasteiger partial charge in [0.2, 0.25) is 0 Å². The van der Waals surface area contributed by atoms with Crippen molar-refractivity contribution in [3.05, 3.63) is 29.8 Å². The number of rotatable bonds is 6. The highest BCUT2D eigenvalue weighted by atomic mass is 32.1. The van der Waals surface area contributed by atoms with E-state index in [0.29, 0.717) is 18.3 Å². The van der Waals surface area contributed by atoms with E-state index in [1.165, 1.54) is 0 Å². The van der Waals surface area contributed by atoms with Crippen molar-refractivity contribution in [1.82, 2.24) is 4.90 Å². The Morgan fingerprint density at radius 1 is 1.25 bits per heavy atom. The number of morpholine rings is 1. The third-order valence-corrected chi connectivity index (χ3v) is 3.50.